The molecule has 0 radical (unpaired) electrons. The average molecular weight is 409 g/mol. The molecule has 2 heterocycles. The van der Waals surface area contributed by atoms with Crippen molar-refractivity contribution in [1.29, 1.82) is 0 Å². The Morgan fingerprint density at radius 2 is 1.97 bits per heavy atom. The van der Waals surface area contributed by atoms with Crippen LogP contribution in [0.25, 0.3) is 0 Å². The second-order valence-electron chi connectivity index (χ2n) is 7.49. The minimum Gasteiger partial charge on any atom is -0.384 e. The lowest BCUT2D eigenvalue weighted by atomic mass is 9.81. The van der Waals surface area contributed by atoms with Crippen LogP contribution in [0.1, 0.15) is 31.0 Å². The third kappa shape index (κ3) is 4.27. The first kappa shape index (κ1) is 21.3. The molecule has 8 heteroatoms. The molecule has 3 N–H and O–H groups in total. The normalized spacial score (nSPS) is 19.0. The van der Waals surface area contributed by atoms with Gasteiger partial charge < -0.3 is 16.0 Å². The van der Waals surface area contributed by atoms with Crippen molar-refractivity contribution in [3.05, 3.63) is 59.8 Å². The monoisotopic (exact) mass is 409 g/mol. The zero-order chi connectivity index (χ0) is 21.8. The Labute approximate surface area is 176 Å². The molecule has 0 saturated carbocycles. The van der Waals surface area contributed by atoms with Crippen LogP contribution in [-0.4, -0.2) is 52.3 Å². The molecule has 4 amide bonds. The molecule has 1 saturated heterocycles. The lowest BCUT2D eigenvalue weighted by molar-refractivity contribution is -0.161. The first-order chi connectivity index (χ1) is 14.3. The Morgan fingerprint density at radius 1 is 1.27 bits per heavy atom. The number of hydrogen-bond acceptors (Lipinski definition) is 5. The number of likely N-dealkylation sites (tertiary alicyclic amines) is 1. The van der Waals surface area contributed by atoms with Gasteiger partial charge in [0, 0.05) is 19.8 Å². The summed E-state index contributed by atoms with van der Waals surface area (Å²) in [6, 6.07) is 11.2. The van der Waals surface area contributed by atoms with Crippen molar-refractivity contribution in [1.82, 2.24) is 20.1 Å². The number of aromatic nitrogens is 1. The second-order valence-corrected chi connectivity index (χ2v) is 7.49. The molecule has 1 aromatic heterocycles. The minimum atomic E-state index is -0.847. The highest BCUT2D eigenvalue weighted by Crippen LogP contribution is 2.32. The molecule has 3 atom stereocenters. The maximum absolute atomic E-state index is 13.0. The van der Waals surface area contributed by atoms with Crippen LogP contribution in [0.3, 0.4) is 0 Å². The Kier molecular flexibility index (Phi) is 6.34. The van der Waals surface area contributed by atoms with Gasteiger partial charge in [-0.1, -0.05) is 30.3 Å². The van der Waals surface area contributed by atoms with E-state index in [4.69, 9.17) is 5.73 Å². The van der Waals surface area contributed by atoms with Crippen LogP contribution in [-0.2, 0) is 16.0 Å². The molecule has 2 aromatic rings. The van der Waals surface area contributed by atoms with Crippen LogP contribution < -0.4 is 11.1 Å². The maximum Gasteiger partial charge on any atom is 0.325 e. The van der Waals surface area contributed by atoms with E-state index in [1.807, 2.05) is 44.2 Å². The number of rotatable bonds is 6. The molecule has 1 fully saturated rings. The molecule has 158 valence electrons. The van der Waals surface area contributed by atoms with Crippen molar-refractivity contribution < 1.29 is 14.4 Å². The number of nitrogen functional groups attached to an aromatic ring is 1. The van der Waals surface area contributed by atoms with Crippen molar-refractivity contribution in [3.8, 4) is 0 Å². The summed E-state index contributed by atoms with van der Waals surface area (Å²) in [4.78, 5) is 45.2. The molecule has 0 spiro atoms. The van der Waals surface area contributed by atoms with Crippen molar-refractivity contribution in [2.24, 2.45) is 5.92 Å². The van der Waals surface area contributed by atoms with E-state index in [9.17, 15) is 14.4 Å². The van der Waals surface area contributed by atoms with E-state index >= 15 is 0 Å². The van der Waals surface area contributed by atoms with Gasteiger partial charge in [-0.25, -0.2) is 9.78 Å². The quantitative estimate of drug-likeness (QED) is 0.709. The van der Waals surface area contributed by atoms with E-state index in [1.165, 1.54) is 4.90 Å². The van der Waals surface area contributed by atoms with E-state index in [-0.39, 0.29) is 17.9 Å². The third-order valence-corrected chi connectivity index (χ3v) is 5.48. The molecule has 0 bridgehead atoms. The highest BCUT2D eigenvalue weighted by molar-refractivity contribution is 6.09. The van der Waals surface area contributed by atoms with E-state index in [1.54, 1.807) is 25.4 Å². The van der Waals surface area contributed by atoms with Gasteiger partial charge in [-0.2, -0.15) is 0 Å². The number of anilines is 1. The molecule has 0 aliphatic carbocycles. The predicted octanol–water partition coefficient (Wildman–Crippen LogP) is 1.98. The van der Waals surface area contributed by atoms with E-state index < -0.39 is 18.0 Å². The number of carbonyl (C=O) groups is 3. The third-order valence-electron chi connectivity index (χ3n) is 5.48. The number of amides is 4. The number of likely N-dealkylation sites (N-methyl/N-ethyl adjacent to an activating group) is 1. The van der Waals surface area contributed by atoms with Crippen molar-refractivity contribution >= 4 is 23.7 Å². The largest absolute Gasteiger partial charge is 0.384 e. The van der Waals surface area contributed by atoms with E-state index in [0.29, 0.717) is 18.8 Å². The molecular weight excluding hydrogens is 382 g/mol. The smallest absolute Gasteiger partial charge is 0.325 e. The number of nitrogens with one attached hydrogen (secondary N) is 1. The fourth-order valence-corrected chi connectivity index (χ4v) is 3.59. The number of pyridine rings is 1. The Bertz CT molecular complexity index is 933. The van der Waals surface area contributed by atoms with Gasteiger partial charge in [-0.05, 0) is 43.5 Å². The molecule has 30 heavy (non-hydrogen) atoms. The lowest BCUT2D eigenvalue weighted by Gasteiger charge is -2.45. The summed E-state index contributed by atoms with van der Waals surface area (Å²) in [5, 5.41) is 2.83. The number of urea groups is 1. The minimum absolute atomic E-state index is 0.258. The molecule has 1 aliphatic heterocycles. The van der Waals surface area contributed by atoms with E-state index in [0.717, 1.165) is 16.0 Å². The van der Waals surface area contributed by atoms with Gasteiger partial charge in [-0.15, -0.1) is 0 Å². The van der Waals surface area contributed by atoms with Gasteiger partial charge in [0.05, 0.1) is 12.0 Å². The number of nitrogens with two attached hydrogens (primary N) is 1. The Hall–Kier alpha value is -3.42. The number of benzene rings is 1. The fraction of sp³-hybridized carbons (Fsp3) is 0.364. The SMILES string of the molecule is CCN(C)C(=O)[C@@H]1[C@@H](Cc2ccnc(N)c2)C(=O)N1C(=O)N[C@H](C)c1ccccc1. The first-order valence-electron chi connectivity index (χ1n) is 9.97. The highest BCUT2D eigenvalue weighted by atomic mass is 16.2. The van der Waals surface area contributed by atoms with Crippen molar-refractivity contribution in [2.75, 3.05) is 19.3 Å². The number of nitrogens with zero attached hydrogens (tertiary/aromatic N) is 3. The molecule has 3 rings (SSSR count). The summed E-state index contributed by atoms with van der Waals surface area (Å²) >= 11 is 0. The van der Waals surface area contributed by atoms with Crippen LogP contribution >= 0.6 is 0 Å². The number of hydrogen-bond donors (Lipinski definition) is 2. The van der Waals surface area contributed by atoms with Crippen molar-refractivity contribution in [3.63, 3.8) is 0 Å². The molecule has 1 aliphatic rings. The van der Waals surface area contributed by atoms with Gasteiger partial charge in [-0.3, -0.25) is 14.5 Å². The Morgan fingerprint density at radius 3 is 2.60 bits per heavy atom. The molecule has 1 aromatic carbocycles. The topological polar surface area (TPSA) is 109 Å². The first-order valence-corrected chi connectivity index (χ1v) is 9.97. The number of carbonyl (C=O) groups excluding carboxylic acids is 3. The highest BCUT2D eigenvalue weighted by Gasteiger charge is 2.55. The lowest BCUT2D eigenvalue weighted by Crippen LogP contribution is -2.70. The number of imide groups is 1. The predicted molar refractivity (Wildman–Crippen MR) is 113 cm³/mol. The fourth-order valence-electron chi connectivity index (χ4n) is 3.59. The van der Waals surface area contributed by atoms with Gasteiger partial charge in [0.15, 0.2) is 0 Å². The summed E-state index contributed by atoms with van der Waals surface area (Å²) in [6.07, 6.45) is 1.88. The van der Waals surface area contributed by atoms with Crippen molar-refractivity contribution in [2.45, 2.75) is 32.4 Å². The van der Waals surface area contributed by atoms with Gasteiger partial charge in [0.25, 0.3) is 0 Å². The van der Waals surface area contributed by atoms with E-state index in [2.05, 4.69) is 10.3 Å². The summed E-state index contributed by atoms with van der Waals surface area (Å²) in [7, 11) is 1.66. The zero-order valence-corrected chi connectivity index (χ0v) is 17.4. The van der Waals surface area contributed by atoms with Gasteiger partial charge >= 0.3 is 6.03 Å². The number of β-lactam (4-membered cyclic amide) rings is 1. The summed E-state index contributed by atoms with van der Waals surface area (Å²) < 4.78 is 0. The van der Waals surface area contributed by atoms with Crippen LogP contribution in [0.15, 0.2) is 48.7 Å². The van der Waals surface area contributed by atoms with Gasteiger partial charge in [0.2, 0.25) is 11.8 Å². The standard InChI is InChI=1S/C22H27N5O3/c1-4-26(3)21(29)19-17(12-15-10-11-24-18(23)13-15)20(28)27(19)22(30)25-14(2)16-8-6-5-7-9-16/h5-11,13-14,17,19H,4,12H2,1-3H3,(H2,23,24)(H,25,30)/t14-,17-,19+/m1/s1. The van der Waals surface area contributed by atoms with Crippen LogP contribution in [0, 0.1) is 5.92 Å². The molecular formula is C22H27N5O3. The van der Waals surface area contributed by atoms with Crippen LogP contribution in [0.2, 0.25) is 0 Å². The Balaban J connectivity index is 1.79. The zero-order valence-electron chi connectivity index (χ0n) is 17.4. The molecule has 8 nitrogen and oxygen atoms in total. The second kappa shape index (κ2) is 8.94. The summed E-state index contributed by atoms with van der Waals surface area (Å²) in [5.74, 6) is -0.900. The molecule has 0 unspecified atom stereocenters. The average Bonchev–Trinajstić information content (AvgIpc) is 2.75. The summed E-state index contributed by atoms with van der Waals surface area (Å²) in [5.41, 5.74) is 7.45. The van der Waals surface area contributed by atoms with Gasteiger partial charge in [0.1, 0.15) is 11.9 Å². The summed E-state index contributed by atoms with van der Waals surface area (Å²) in [6.45, 7) is 4.16. The van der Waals surface area contributed by atoms with Crippen LogP contribution in [0.4, 0.5) is 10.6 Å². The van der Waals surface area contributed by atoms with Crippen LogP contribution in [0.5, 0.6) is 0 Å². The maximum atomic E-state index is 13.0.